The SMILES string of the molecule is C/C(=C\N=C(/N(C)C=O)N1CCC2(CCCC2)CC1)Sc1ccc2[nH]ncc2c1. The van der Waals surface area contributed by atoms with Crippen molar-refractivity contribution in [3.8, 4) is 0 Å². The van der Waals surface area contributed by atoms with Crippen LogP contribution in [0.15, 0.2) is 45.4 Å². The number of guanidine groups is 1. The second kappa shape index (κ2) is 8.61. The Balaban J connectivity index is 1.46. The summed E-state index contributed by atoms with van der Waals surface area (Å²) in [7, 11) is 1.79. The third-order valence-electron chi connectivity index (χ3n) is 6.30. The Morgan fingerprint density at radius 1 is 1.28 bits per heavy atom. The molecule has 2 aliphatic rings. The smallest absolute Gasteiger partial charge is 0.216 e. The summed E-state index contributed by atoms with van der Waals surface area (Å²) >= 11 is 1.67. The maximum atomic E-state index is 11.5. The minimum atomic E-state index is 0.550. The number of H-pyrrole nitrogens is 1. The van der Waals surface area contributed by atoms with Gasteiger partial charge in [0.15, 0.2) is 0 Å². The number of carbonyl (C=O) groups excluding carboxylic acids is 1. The molecule has 1 spiro atoms. The number of hydrogen-bond acceptors (Lipinski definition) is 4. The average molecular weight is 412 g/mol. The molecule has 6 nitrogen and oxygen atoms in total. The number of carbonyl (C=O) groups is 1. The molecule has 1 aliphatic carbocycles. The number of aromatic amines is 1. The third kappa shape index (κ3) is 4.50. The molecule has 154 valence electrons. The third-order valence-corrected chi connectivity index (χ3v) is 7.21. The second-order valence-electron chi connectivity index (χ2n) is 8.30. The van der Waals surface area contributed by atoms with Crippen LogP contribution in [0.3, 0.4) is 0 Å². The van der Waals surface area contributed by atoms with Crippen LogP contribution in [0.4, 0.5) is 0 Å². The van der Waals surface area contributed by atoms with E-state index in [9.17, 15) is 4.79 Å². The topological polar surface area (TPSA) is 64.6 Å². The first-order valence-electron chi connectivity index (χ1n) is 10.4. The van der Waals surface area contributed by atoms with Crippen molar-refractivity contribution < 1.29 is 4.79 Å². The van der Waals surface area contributed by atoms with Crippen molar-refractivity contribution in [3.05, 3.63) is 35.5 Å². The maximum absolute atomic E-state index is 11.5. The van der Waals surface area contributed by atoms with Gasteiger partial charge in [-0.25, -0.2) is 4.99 Å². The Bertz CT molecular complexity index is 918. The van der Waals surface area contributed by atoms with E-state index in [2.05, 4.69) is 34.2 Å². The van der Waals surface area contributed by atoms with E-state index < -0.39 is 0 Å². The van der Waals surface area contributed by atoms with Gasteiger partial charge in [0.05, 0.1) is 11.7 Å². The number of benzene rings is 1. The largest absolute Gasteiger partial charge is 0.342 e. The number of hydrogen-bond donors (Lipinski definition) is 1. The van der Waals surface area contributed by atoms with E-state index in [1.54, 1.807) is 23.7 Å². The van der Waals surface area contributed by atoms with Gasteiger partial charge in [0.1, 0.15) is 0 Å². The summed E-state index contributed by atoms with van der Waals surface area (Å²) in [5.74, 6) is 0.748. The highest BCUT2D eigenvalue weighted by atomic mass is 32.2. The van der Waals surface area contributed by atoms with E-state index in [0.717, 1.165) is 46.2 Å². The maximum Gasteiger partial charge on any atom is 0.216 e. The molecular formula is C22H29N5OS. The molecule has 1 aromatic carbocycles. The molecule has 0 atom stereocenters. The second-order valence-corrected chi connectivity index (χ2v) is 9.62. The normalized spacial score (nSPS) is 19.9. The molecule has 7 heteroatoms. The number of amides is 1. The lowest BCUT2D eigenvalue weighted by atomic mass is 9.77. The Labute approximate surface area is 176 Å². The molecule has 1 aliphatic heterocycles. The van der Waals surface area contributed by atoms with Gasteiger partial charge in [-0.15, -0.1) is 0 Å². The molecule has 0 unspecified atom stereocenters. The summed E-state index contributed by atoms with van der Waals surface area (Å²) in [5, 5.41) is 8.15. The minimum Gasteiger partial charge on any atom is -0.342 e. The van der Waals surface area contributed by atoms with Gasteiger partial charge in [-0.1, -0.05) is 24.6 Å². The fraction of sp³-hybridized carbons (Fsp3) is 0.500. The fourth-order valence-corrected chi connectivity index (χ4v) is 5.39. The molecule has 2 aromatic rings. The lowest BCUT2D eigenvalue weighted by Gasteiger charge is -2.41. The van der Waals surface area contributed by atoms with Crippen LogP contribution in [0.2, 0.25) is 0 Å². The first-order chi connectivity index (χ1) is 14.1. The van der Waals surface area contributed by atoms with Gasteiger partial charge in [0.2, 0.25) is 12.4 Å². The molecule has 1 amide bonds. The van der Waals surface area contributed by atoms with Gasteiger partial charge < -0.3 is 4.90 Å². The van der Waals surface area contributed by atoms with Crippen LogP contribution in [0.1, 0.15) is 45.4 Å². The van der Waals surface area contributed by atoms with Gasteiger partial charge >= 0.3 is 0 Å². The van der Waals surface area contributed by atoms with E-state index in [1.807, 2.05) is 18.5 Å². The van der Waals surface area contributed by atoms with E-state index >= 15 is 0 Å². The van der Waals surface area contributed by atoms with Crippen LogP contribution < -0.4 is 0 Å². The van der Waals surface area contributed by atoms with Crippen molar-refractivity contribution >= 4 is 35.0 Å². The molecule has 1 saturated heterocycles. The van der Waals surface area contributed by atoms with Crippen molar-refractivity contribution in [2.24, 2.45) is 10.4 Å². The molecule has 0 radical (unpaired) electrons. The fourth-order valence-electron chi connectivity index (χ4n) is 4.59. The number of likely N-dealkylation sites (tertiary alicyclic amines) is 1. The minimum absolute atomic E-state index is 0.550. The van der Waals surface area contributed by atoms with Crippen LogP contribution in [0.25, 0.3) is 10.9 Å². The quantitative estimate of drug-likeness (QED) is 0.345. The number of nitrogens with zero attached hydrogens (tertiary/aromatic N) is 4. The Morgan fingerprint density at radius 3 is 2.76 bits per heavy atom. The van der Waals surface area contributed by atoms with Gasteiger partial charge in [-0.2, -0.15) is 5.10 Å². The molecule has 1 saturated carbocycles. The lowest BCUT2D eigenvalue weighted by Crippen LogP contribution is -2.47. The van der Waals surface area contributed by atoms with Gasteiger partial charge in [-0.3, -0.25) is 14.8 Å². The van der Waals surface area contributed by atoms with Crippen molar-refractivity contribution in [1.82, 2.24) is 20.0 Å². The van der Waals surface area contributed by atoms with E-state index in [-0.39, 0.29) is 0 Å². The number of allylic oxidation sites excluding steroid dienone is 1. The number of fused-ring (bicyclic) bond motifs is 1. The van der Waals surface area contributed by atoms with Crippen LogP contribution in [0.5, 0.6) is 0 Å². The first-order valence-corrected chi connectivity index (χ1v) is 11.2. The predicted molar refractivity (Wildman–Crippen MR) is 119 cm³/mol. The van der Waals surface area contributed by atoms with Crippen molar-refractivity contribution in [2.45, 2.75) is 50.3 Å². The molecule has 2 fully saturated rings. The summed E-state index contributed by atoms with van der Waals surface area (Å²) in [6.45, 7) is 4.01. The van der Waals surface area contributed by atoms with Crippen molar-refractivity contribution in [3.63, 3.8) is 0 Å². The van der Waals surface area contributed by atoms with Gasteiger partial charge in [0.25, 0.3) is 0 Å². The zero-order chi connectivity index (χ0) is 20.3. The standard InChI is InChI=1S/C22H29N5OS/c1-17(29-19-5-6-20-18(13-19)15-24-25-20)14-23-21(26(2)16-28)27-11-9-22(10-12-27)7-3-4-8-22/h5-6,13-16H,3-4,7-12H2,1-2H3,(H,24,25)/b17-14+,23-21+. The zero-order valence-electron chi connectivity index (χ0n) is 17.2. The van der Waals surface area contributed by atoms with Crippen LogP contribution in [0, 0.1) is 5.41 Å². The molecule has 1 N–H and O–H groups in total. The Hall–Kier alpha value is -2.28. The number of thioether (sulfide) groups is 1. The average Bonchev–Trinajstić information content (AvgIpc) is 3.38. The van der Waals surface area contributed by atoms with E-state index in [1.165, 1.54) is 38.5 Å². The van der Waals surface area contributed by atoms with E-state index in [0.29, 0.717) is 5.41 Å². The van der Waals surface area contributed by atoms with E-state index in [4.69, 9.17) is 4.99 Å². The Morgan fingerprint density at radius 2 is 2.03 bits per heavy atom. The summed E-state index contributed by atoms with van der Waals surface area (Å²) in [5.41, 5.74) is 1.59. The summed E-state index contributed by atoms with van der Waals surface area (Å²) in [6, 6.07) is 6.24. The summed E-state index contributed by atoms with van der Waals surface area (Å²) in [6.07, 6.45) is 12.5. The highest BCUT2D eigenvalue weighted by molar-refractivity contribution is 8.03. The van der Waals surface area contributed by atoms with Gasteiger partial charge in [-0.05, 0) is 56.2 Å². The molecule has 1 aromatic heterocycles. The van der Waals surface area contributed by atoms with Crippen LogP contribution in [-0.2, 0) is 4.79 Å². The summed E-state index contributed by atoms with van der Waals surface area (Å²) < 4.78 is 0. The predicted octanol–water partition coefficient (Wildman–Crippen LogP) is 4.62. The highest BCUT2D eigenvalue weighted by Crippen LogP contribution is 2.46. The van der Waals surface area contributed by atoms with Crippen LogP contribution in [-0.4, -0.2) is 52.5 Å². The zero-order valence-corrected chi connectivity index (χ0v) is 18.0. The number of aromatic nitrogens is 2. The van der Waals surface area contributed by atoms with Crippen LogP contribution >= 0.6 is 11.8 Å². The molecular weight excluding hydrogens is 382 g/mol. The molecule has 29 heavy (non-hydrogen) atoms. The molecule has 2 heterocycles. The summed E-state index contributed by atoms with van der Waals surface area (Å²) in [4.78, 5) is 22.3. The number of nitrogens with one attached hydrogen (secondary N) is 1. The highest BCUT2D eigenvalue weighted by Gasteiger charge is 2.37. The Kier molecular flexibility index (Phi) is 5.94. The molecule has 4 rings (SSSR count). The first kappa shape index (κ1) is 20.0. The van der Waals surface area contributed by atoms with Crippen molar-refractivity contribution in [1.29, 1.82) is 0 Å². The lowest BCUT2D eigenvalue weighted by molar-refractivity contribution is -0.114. The number of rotatable bonds is 4. The van der Waals surface area contributed by atoms with Crippen molar-refractivity contribution in [2.75, 3.05) is 20.1 Å². The van der Waals surface area contributed by atoms with Gasteiger partial charge in [0, 0.05) is 41.5 Å². The molecule has 0 bridgehead atoms. The number of piperidine rings is 1. The number of aliphatic imine (C=N–C) groups is 1. The monoisotopic (exact) mass is 411 g/mol.